The van der Waals surface area contributed by atoms with Gasteiger partial charge >= 0.3 is 0 Å². The summed E-state index contributed by atoms with van der Waals surface area (Å²) in [5, 5.41) is 0. The van der Waals surface area contributed by atoms with Crippen LogP contribution in [0.3, 0.4) is 0 Å². The maximum atomic E-state index is 11.2. The summed E-state index contributed by atoms with van der Waals surface area (Å²) in [6.07, 6.45) is 12.0. The van der Waals surface area contributed by atoms with Crippen molar-refractivity contribution in [2.75, 3.05) is 0 Å². The molecule has 0 amide bonds. The van der Waals surface area contributed by atoms with Gasteiger partial charge in [0.2, 0.25) is 0 Å². The van der Waals surface area contributed by atoms with Gasteiger partial charge in [-0.05, 0) is 59.8 Å². The van der Waals surface area contributed by atoms with Gasteiger partial charge in [-0.25, -0.2) is 0 Å². The lowest BCUT2D eigenvalue weighted by Crippen LogP contribution is -2.07. The molecule has 0 aliphatic heterocycles. The predicted molar refractivity (Wildman–Crippen MR) is 90.3 cm³/mol. The SMILES string of the molecule is CC(=O)C(=O)CC/C=C(\C)CC/C=C(\C)CCC=C(C)C. The largest absolute Gasteiger partial charge is 0.291 e. The highest BCUT2D eigenvalue weighted by molar-refractivity contribution is 6.36. The maximum absolute atomic E-state index is 11.2. The van der Waals surface area contributed by atoms with Gasteiger partial charge in [0.1, 0.15) is 0 Å². The first-order valence-electron chi connectivity index (χ1n) is 7.81. The molecule has 118 valence electrons. The van der Waals surface area contributed by atoms with Crippen molar-refractivity contribution in [3.05, 3.63) is 34.9 Å². The summed E-state index contributed by atoms with van der Waals surface area (Å²) < 4.78 is 0. The van der Waals surface area contributed by atoms with Crippen molar-refractivity contribution in [1.82, 2.24) is 0 Å². The highest BCUT2D eigenvalue weighted by atomic mass is 16.2. The molecule has 0 aliphatic carbocycles. The van der Waals surface area contributed by atoms with Gasteiger partial charge < -0.3 is 0 Å². The third-order valence-electron chi connectivity index (χ3n) is 3.38. The van der Waals surface area contributed by atoms with Gasteiger partial charge in [0.25, 0.3) is 0 Å². The lowest BCUT2D eigenvalue weighted by Gasteiger charge is -2.01. The van der Waals surface area contributed by atoms with Gasteiger partial charge in [0.15, 0.2) is 11.6 Å². The monoisotopic (exact) mass is 290 g/mol. The van der Waals surface area contributed by atoms with Crippen LogP contribution < -0.4 is 0 Å². The number of ketones is 2. The Morgan fingerprint density at radius 1 is 0.667 bits per heavy atom. The number of carbonyl (C=O) groups excluding carboxylic acids is 2. The molecule has 0 aromatic heterocycles. The zero-order valence-electron chi connectivity index (χ0n) is 14.3. The molecule has 21 heavy (non-hydrogen) atoms. The molecule has 0 saturated carbocycles. The Kier molecular flexibility index (Phi) is 10.5. The van der Waals surface area contributed by atoms with Gasteiger partial charge in [0.05, 0.1) is 0 Å². The van der Waals surface area contributed by atoms with E-state index >= 15 is 0 Å². The van der Waals surface area contributed by atoms with Crippen molar-refractivity contribution < 1.29 is 9.59 Å². The van der Waals surface area contributed by atoms with Crippen molar-refractivity contribution in [2.24, 2.45) is 0 Å². The number of carbonyl (C=O) groups is 2. The lowest BCUT2D eigenvalue weighted by molar-refractivity contribution is -0.135. The molecule has 0 N–H and O–H groups in total. The maximum Gasteiger partial charge on any atom is 0.198 e. The standard InChI is InChI=1S/C19H30O2/c1-15(2)9-6-10-16(3)11-7-12-17(4)13-8-14-19(21)18(5)20/h9,11,13H,6-8,10,12,14H2,1-5H3/b16-11+,17-13+. The number of Topliss-reactive ketones (excluding diaryl/α,β-unsaturated/α-hetero) is 2. The molecule has 0 spiro atoms. The first-order chi connectivity index (χ1) is 9.82. The Labute approximate surface area is 130 Å². The lowest BCUT2D eigenvalue weighted by atomic mass is 10.0. The molecule has 0 atom stereocenters. The minimum absolute atomic E-state index is 0.269. The molecule has 2 nitrogen and oxygen atoms in total. The predicted octanol–water partition coefficient (Wildman–Crippen LogP) is 5.34. The minimum Gasteiger partial charge on any atom is -0.291 e. The zero-order chi connectivity index (χ0) is 16.3. The molecule has 2 heteroatoms. The molecule has 0 bridgehead atoms. The van der Waals surface area contributed by atoms with Gasteiger partial charge in [-0.3, -0.25) is 9.59 Å². The zero-order valence-corrected chi connectivity index (χ0v) is 14.3. The number of hydrogen-bond donors (Lipinski definition) is 0. The fourth-order valence-corrected chi connectivity index (χ4v) is 1.96. The van der Waals surface area contributed by atoms with E-state index in [1.807, 2.05) is 0 Å². The Morgan fingerprint density at radius 3 is 1.52 bits per heavy atom. The van der Waals surface area contributed by atoms with Crippen LogP contribution in [-0.2, 0) is 9.59 Å². The van der Waals surface area contributed by atoms with Gasteiger partial charge in [-0.1, -0.05) is 34.9 Å². The van der Waals surface area contributed by atoms with Crippen LogP contribution in [0.25, 0.3) is 0 Å². The van der Waals surface area contributed by atoms with E-state index in [9.17, 15) is 9.59 Å². The molecule has 0 fully saturated rings. The average Bonchev–Trinajstić information content (AvgIpc) is 2.37. The van der Waals surface area contributed by atoms with E-state index in [4.69, 9.17) is 0 Å². The molecular weight excluding hydrogens is 260 g/mol. The number of allylic oxidation sites excluding steroid dienone is 6. The van der Waals surface area contributed by atoms with E-state index in [1.54, 1.807) is 0 Å². The molecular formula is C19H30O2. The fraction of sp³-hybridized carbons (Fsp3) is 0.579. The Balaban J connectivity index is 3.96. The Morgan fingerprint density at radius 2 is 1.10 bits per heavy atom. The summed E-state index contributed by atoms with van der Waals surface area (Å²) in [6.45, 7) is 9.86. The van der Waals surface area contributed by atoms with Crippen molar-refractivity contribution in [2.45, 2.75) is 73.1 Å². The van der Waals surface area contributed by atoms with E-state index in [0.29, 0.717) is 12.8 Å². The van der Waals surface area contributed by atoms with Crippen LogP contribution in [0.4, 0.5) is 0 Å². The van der Waals surface area contributed by atoms with Gasteiger partial charge in [0, 0.05) is 13.3 Å². The normalized spacial score (nSPS) is 12.2. The van der Waals surface area contributed by atoms with Crippen molar-refractivity contribution in [3.63, 3.8) is 0 Å². The highest BCUT2D eigenvalue weighted by Crippen LogP contribution is 2.12. The van der Waals surface area contributed by atoms with Gasteiger partial charge in [-0.15, -0.1) is 0 Å². The molecule has 0 aromatic carbocycles. The molecule has 0 unspecified atom stereocenters. The summed E-state index contributed by atoms with van der Waals surface area (Å²) in [7, 11) is 0. The third kappa shape index (κ3) is 12.0. The van der Waals surface area contributed by atoms with E-state index in [-0.39, 0.29) is 11.6 Å². The van der Waals surface area contributed by atoms with Crippen molar-refractivity contribution >= 4 is 11.6 Å². The smallest absolute Gasteiger partial charge is 0.198 e. The molecule has 0 radical (unpaired) electrons. The number of rotatable bonds is 10. The second-order valence-electron chi connectivity index (χ2n) is 5.98. The molecule has 0 aliphatic rings. The summed E-state index contributed by atoms with van der Waals surface area (Å²) in [6, 6.07) is 0. The first kappa shape index (κ1) is 19.6. The Hall–Kier alpha value is -1.44. The van der Waals surface area contributed by atoms with Crippen LogP contribution in [-0.4, -0.2) is 11.6 Å². The second-order valence-corrected chi connectivity index (χ2v) is 5.98. The van der Waals surface area contributed by atoms with Gasteiger partial charge in [-0.2, -0.15) is 0 Å². The van der Waals surface area contributed by atoms with E-state index in [2.05, 4.69) is 45.9 Å². The third-order valence-corrected chi connectivity index (χ3v) is 3.38. The van der Waals surface area contributed by atoms with Crippen LogP contribution in [0.1, 0.15) is 73.1 Å². The van der Waals surface area contributed by atoms with Crippen LogP contribution in [0.5, 0.6) is 0 Å². The van der Waals surface area contributed by atoms with E-state index in [1.165, 1.54) is 23.6 Å². The summed E-state index contributed by atoms with van der Waals surface area (Å²) >= 11 is 0. The van der Waals surface area contributed by atoms with Crippen molar-refractivity contribution in [3.8, 4) is 0 Å². The number of hydrogen-bond acceptors (Lipinski definition) is 2. The quantitative estimate of drug-likeness (QED) is 0.402. The fourth-order valence-electron chi connectivity index (χ4n) is 1.96. The summed E-state index contributed by atoms with van der Waals surface area (Å²) in [5.74, 6) is -0.606. The first-order valence-corrected chi connectivity index (χ1v) is 7.81. The summed E-state index contributed by atoms with van der Waals surface area (Å²) in [4.78, 5) is 22.0. The van der Waals surface area contributed by atoms with Crippen molar-refractivity contribution in [1.29, 1.82) is 0 Å². The van der Waals surface area contributed by atoms with Crippen LogP contribution in [0.2, 0.25) is 0 Å². The second kappa shape index (κ2) is 11.2. The molecule has 0 rings (SSSR count). The summed E-state index contributed by atoms with van der Waals surface area (Å²) in [5.41, 5.74) is 4.11. The van der Waals surface area contributed by atoms with Crippen LogP contribution in [0, 0.1) is 0 Å². The topological polar surface area (TPSA) is 34.1 Å². The molecule has 0 saturated heterocycles. The van der Waals surface area contributed by atoms with E-state index < -0.39 is 0 Å². The molecule has 0 aromatic rings. The van der Waals surface area contributed by atoms with Crippen LogP contribution in [0.15, 0.2) is 34.9 Å². The molecule has 0 heterocycles. The minimum atomic E-state index is -0.337. The Bertz CT molecular complexity index is 432. The van der Waals surface area contributed by atoms with Crippen LogP contribution >= 0.6 is 0 Å². The van der Waals surface area contributed by atoms with E-state index in [0.717, 1.165) is 25.7 Å². The highest BCUT2D eigenvalue weighted by Gasteiger charge is 2.05. The average molecular weight is 290 g/mol.